The first-order valence-electron chi connectivity index (χ1n) is 25.6. The van der Waals surface area contributed by atoms with E-state index in [1.165, 1.54) is 12.1 Å². The van der Waals surface area contributed by atoms with Crippen molar-refractivity contribution in [2.45, 2.75) is 104 Å². The molecule has 0 aromatic heterocycles. The number of rotatable bonds is 24. The van der Waals surface area contributed by atoms with Crippen molar-refractivity contribution in [1.29, 1.82) is 0 Å². The molecule has 2 aromatic rings. The molecule has 4 saturated heterocycles. The first kappa shape index (κ1) is 52.7. The number of carbonyl (C=O) groups is 4. The van der Waals surface area contributed by atoms with E-state index in [0.717, 1.165) is 154 Å². The molecule has 13 nitrogen and oxygen atoms in total. The Labute approximate surface area is 399 Å². The first-order valence-corrected chi connectivity index (χ1v) is 25.6. The van der Waals surface area contributed by atoms with Crippen molar-refractivity contribution in [3.05, 3.63) is 70.3 Å². The standard InChI is InChI=1S/C52H80F2N8O5/c1-5-61(6-2)51(65)41-13-23-59(24-14-41)37-39-9-11-45(47(53)33-39)49(63)35-55-21-31-57-27-17-43(18-28-57)67-44-19-29-58(30-20-44)32-22-56-36-50(64)46-12-10-40(34-48(46)54)38-60-25-15-42(16-26-60)52(66)62(7-3)8-4/h9-12,33-34,41-44,55-56H,5-8,13-32,35-38H2,1-4H3. The number of ether oxygens (including phenoxy) is 1. The highest BCUT2D eigenvalue weighted by molar-refractivity contribution is 5.98. The molecule has 6 rings (SSSR count). The zero-order chi connectivity index (χ0) is 47.7. The molecule has 372 valence electrons. The highest BCUT2D eigenvalue weighted by atomic mass is 19.1. The number of ketones is 2. The highest BCUT2D eigenvalue weighted by Crippen LogP contribution is 2.25. The first-order chi connectivity index (χ1) is 32.5. The Morgan fingerprint density at radius 2 is 0.881 bits per heavy atom. The van der Waals surface area contributed by atoms with Gasteiger partial charge in [0.15, 0.2) is 11.6 Å². The van der Waals surface area contributed by atoms with E-state index in [0.29, 0.717) is 26.2 Å². The molecule has 2 aromatic carbocycles. The van der Waals surface area contributed by atoms with Gasteiger partial charge in [-0.1, -0.05) is 12.1 Å². The monoisotopic (exact) mass is 935 g/mol. The van der Waals surface area contributed by atoms with Crippen molar-refractivity contribution in [2.75, 3.05) is 118 Å². The summed E-state index contributed by atoms with van der Waals surface area (Å²) in [6.45, 7) is 22.3. The maximum Gasteiger partial charge on any atom is 0.225 e. The second-order valence-corrected chi connectivity index (χ2v) is 19.2. The summed E-state index contributed by atoms with van der Waals surface area (Å²) in [7, 11) is 0. The van der Waals surface area contributed by atoms with Crippen molar-refractivity contribution < 1.29 is 32.7 Å². The molecule has 4 fully saturated rings. The van der Waals surface area contributed by atoms with Gasteiger partial charge < -0.3 is 35.0 Å². The van der Waals surface area contributed by atoms with E-state index in [-0.39, 0.29) is 71.6 Å². The smallest absolute Gasteiger partial charge is 0.225 e. The van der Waals surface area contributed by atoms with E-state index in [1.807, 2.05) is 49.6 Å². The number of hydrogen-bond donors (Lipinski definition) is 2. The molecule has 0 atom stereocenters. The molecule has 0 aliphatic carbocycles. The Bertz CT molecular complexity index is 1750. The van der Waals surface area contributed by atoms with Crippen molar-refractivity contribution in [2.24, 2.45) is 11.8 Å². The second kappa shape index (κ2) is 26.9. The summed E-state index contributed by atoms with van der Waals surface area (Å²) in [5.41, 5.74) is 1.92. The van der Waals surface area contributed by atoms with E-state index in [4.69, 9.17) is 4.74 Å². The van der Waals surface area contributed by atoms with Crippen LogP contribution in [0.15, 0.2) is 36.4 Å². The molecule has 15 heteroatoms. The lowest BCUT2D eigenvalue weighted by molar-refractivity contribution is -0.137. The number of piperidine rings is 4. The molecule has 67 heavy (non-hydrogen) atoms. The summed E-state index contributed by atoms with van der Waals surface area (Å²) < 4.78 is 36.7. The Kier molecular flexibility index (Phi) is 21.1. The highest BCUT2D eigenvalue weighted by Gasteiger charge is 2.30. The molecule has 0 saturated carbocycles. The Balaban J connectivity index is 0.777. The van der Waals surface area contributed by atoms with Crippen LogP contribution >= 0.6 is 0 Å². The second-order valence-electron chi connectivity index (χ2n) is 19.2. The van der Waals surface area contributed by atoms with Gasteiger partial charge >= 0.3 is 0 Å². The summed E-state index contributed by atoms with van der Waals surface area (Å²) in [5.74, 6) is -0.841. The van der Waals surface area contributed by atoms with Gasteiger partial charge in [-0.3, -0.25) is 29.0 Å². The predicted octanol–water partition coefficient (Wildman–Crippen LogP) is 5.32. The van der Waals surface area contributed by atoms with E-state index < -0.39 is 11.6 Å². The van der Waals surface area contributed by atoms with Gasteiger partial charge in [-0.25, -0.2) is 8.78 Å². The molecule has 2 N–H and O–H groups in total. The number of amides is 2. The van der Waals surface area contributed by atoms with Gasteiger partial charge in [0, 0.05) is 103 Å². The summed E-state index contributed by atoms with van der Waals surface area (Å²) in [6.07, 6.45) is 7.66. The Morgan fingerprint density at radius 3 is 1.21 bits per heavy atom. The maximum absolute atomic E-state index is 15.1. The van der Waals surface area contributed by atoms with Crippen molar-refractivity contribution >= 4 is 23.4 Å². The van der Waals surface area contributed by atoms with Crippen LogP contribution in [0.2, 0.25) is 0 Å². The van der Waals surface area contributed by atoms with Crippen LogP contribution in [0.25, 0.3) is 0 Å². The number of halogens is 2. The Hall–Kier alpha value is -3.70. The third-order valence-corrected chi connectivity index (χ3v) is 14.7. The fourth-order valence-electron chi connectivity index (χ4n) is 10.4. The van der Waals surface area contributed by atoms with E-state index >= 15 is 8.78 Å². The lowest BCUT2D eigenvalue weighted by atomic mass is 9.94. The largest absolute Gasteiger partial charge is 0.375 e. The van der Waals surface area contributed by atoms with Gasteiger partial charge in [0.25, 0.3) is 0 Å². The summed E-state index contributed by atoms with van der Waals surface area (Å²) >= 11 is 0. The van der Waals surface area contributed by atoms with Crippen LogP contribution in [0.5, 0.6) is 0 Å². The lowest BCUT2D eigenvalue weighted by Crippen LogP contribution is -2.44. The molecule has 4 aliphatic rings. The van der Waals surface area contributed by atoms with Crippen LogP contribution in [-0.2, 0) is 27.4 Å². The van der Waals surface area contributed by atoms with Crippen molar-refractivity contribution in [3.63, 3.8) is 0 Å². The molecule has 0 radical (unpaired) electrons. The number of nitrogens with zero attached hydrogens (tertiary/aromatic N) is 6. The number of benzene rings is 2. The molecular formula is C52H80F2N8O5. The maximum atomic E-state index is 15.1. The van der Waals surface area contributed by atoms with E-state index in [2.05, 4.69) is 30.2 Å². The van der Waals surface area contributed by atoms with Crippen LogP contribution in [0.4, 0.5) is 8.78 Å². The number of carbonyl (C=O) groups excluding carboxylic acids is 4. The zero-order valence-electron chi connectivity index (χ0n) is 41.1. The fraction of sp³-hybridized carbons (Fsp3) is 0.692. The van der Waals surface area contributed by atoms with E-state index in [1.54, 1.807) is 12.1 Å². The quantitative estimate of drug-likeness (QED) is 0.105. The minimum absolute atomic E-state index is 0.0628. The molecule has 0 bridgehead atoms. The summed E-state index contributed by atoms with van der Waals surface area (Å²) in [4.78, 5) is 64.4. The van der Waals surface area contributed by atoms with Crippen molar-refractivity contribution in [1.82, 2.24) is 40.0 Å². The minimum Gasteiger partial charge on any atom is -0.375 e. The number of likely N-dealkylation sites (tertiary alicyclic amines) is 4. The Morgan fingerprint density at radius 1 is 0.537 bits per heavy atom. The molecular weight excluding hydrogens is 855 g/mol. The topological polar surface area (TPSA) is 121 Å². The number of nitrogens with one attached hydrogen (secondary N) is 2. The SMILES string of the molecule is CCN(CC)C(=O)C1CCN(Cc2ccc(C(=O)CNCCN3CCC(OC4CCN(CCNCC(=O)c5ccc(CN6CCC(C(=O)N(CC)CC)CC6)cc5F)CC4)CC3)c(F)c2)CC1. The minimum atomic E-state index is -0.480. The molecule has 0 unspecified atom stereocenters. The number of hydrogen-bond acceptors (Lipinski definition) is 11. The predicted molar refractivity (Wildman–Crippen MR) is 259 cm³/mol. The van der Waals surface area contributed by atoms with Crippen LogP contribution in [0.1, 0.15) is 111 Å². The van der Waals surface area contributed by atoms with Gasteiger partial charge in [-0.15, -0.1) is 0 Å². The third-order valence-electron chi connectivity index (χ3n) is 14.7. The molecule has 4 aliphatic heterocycles. The fourth-order valence-corrected chi connectivity index (χ4v) is 10.4. The number of Topliss-reactive ketones (excluding diaryl/α,β-unsaturated/α-hetero) is 2. The van der Waals surface area contributed by atoms with Crippen LogP contribution in [-0.4, -0.2) is 183 Å². The zero-order valence-corrected chi connectivity index (χ0v) is 41.1. The van der Waals surface area contributed by atoms with Gasteiger partial charge in [0.1, 0.15) is 11.6 Å². The van der Waals surface area contributed by atoms with Crippen molar-refractivity contribution in [3.8, 4) is 0 Å². The summed E-state index contributed by atoms with van der Waals surface area (Å²) in [6, 6.07) is 9.89. The summed E-state index contributed by atoms with van der Waals surface area (Å²) in [5, 5.41) is 6.45. The average Bonchev–Trinajstić information content (AvgIpc) is 3.34. The lowest BCUT2D eigenvalue weighted by Gasteiger charge is -2.37. The normalized spacial score (nSPS) is 19.2. The third kappa shape index (κ3) is 15.7. The molecule has 2 amide bonds. The average molecular weight is 935 g/mol. The van der Waals surface area contributed by atoms with Gasteiger partial charge in [-0.2, -0.15) is 0 Å². The molecule has 0 spiro atoms. The van der Waals surface area contributed by atoms with Gasteiger partial charge in [-0.05, 0) is 141 Å². The van der Waals surface area contributed by atoms with E-state index in [9.17, 15) is 19.2 Å². The van der Waals surface area contributed by atoms with Crippen LogP contribution < -0.4 is 10.6 Å². The van der Waals surface area contributed by atoms with Gasteiger partial charge in [0.05, 0.1) is 36.4 Å². The van der Waals surface area contributed by atoms with Crippen LogP contribution in [0, 0.1) is 23.5 Å². The van der Waals surface area contributed by atoms with Gasteiger partial charge in [0.2, 0.25) is 11.8 Å². The molecule has 4 heterocycles. The van der Waals surface area contributed by atoms with Crippen LogP contribution in [0.3, 0.4) is 0 Å².